The first-order chi connectivity index (χ1) is 14.9. The summed E-state index contributed by atoms with van der Waals surface area (Å²) in [6.07, 6.45) is 2.52. The minimum absolute atomic E-state index is 0.0784. The molecule has 0 aliphatic rings. The zero-order valence-corrected chi connectivity index (χ0v) is 20.1. The SMILES string of the molecule is CCOc1ccc2oc(C(=O)N/N=C/c3cc(I)c(O[C@@H](C)CC)c(OC)c3)cc2c1. The number of benzene rings is 2. The molecule has 0 saturated heterocycles. The summed E-state index contributed by atoms with van der Waals surface area (Å²) >= 11 is 2.20. The van der Waals surface area contributed by atoms with Crippen LogP contribution in [-0.2, 0) is 0 Å². The van der Waals surface area contributed by atoms with Gasteiger partial charge in [0.15, 0.2) is 17.3 Å². The van der Waals surface area contributed by atoms with Crippen LogP contribution in [-0.4, -0.2) is 31.9 Å². The van der Waals surface area contributed by atoms with E-state index in [1.165, 1.54) is 0 Å². The van der Waals surface area contributed by atoms with Crippen LogP contribution in [0.25, 0.3) is 11.0 Å². The molecule has 8 heteroatoms. The predicted octanol–water partition coefficient (Wildman–Crippen LogP) is 5.39. The number of hydrazone groups is 1. The number of hydrogen-bond donors (Lipinski definition) is 1. The van der Waals surface area contributed by atoms with Crippen molar-refractivity contribution >= 4 is 45.7 Å². The fourth-order valence-corrected chi connectivity index (χ4v) is 3.58. The summed E-state index contributed by atoms with van der Waals surface area (Å²) in [7, 11) is 1.59. The van der Waals surface area contributed by atoms with E-state index < -0.39 is 5.91 Å². The number of furan rings is 1. The fourth-order valence-electron chi connectivity index (χ4n) is 2.82. The van der Waals surface area contributed by atoms with Crippen molar-refractivity contribution in [2.45, 2.75) is 33.3 Å². The van der Waals surface area contributed by atoms with Crippen LogP contribution in [0.4, 0.5) is 0 Å². The van der Waals surface area contributed by atoms with E-state index in [0.717, 1.165) is 26.7 Å². The maximum absolute atomic E-state index is 12.4. The zero-order valence-electron chi connectivity index (χ0n) is 17.9. The highest BCUT2D eigenvalue weighted by atomic mass is 127. The first-order valence-electron chi connectivity index (χ1n) is 9.99. The van der Waals surface area contributed by atoms with E-state index in [4.69, 9.17) is 18.6 Å². The molecule has 1 heterocycles. The first-order valence-corrected chi connectivity index (χ1v) is 11.1. The Balaban J connectivity index is 1.71. The molecule has 7 nitrogen and oxygen atoms in total. The molecule has 0 radical (unpaired) electrons. The zero-order chi connectivity index (χ0) is 22.4. The van der Waals surface area contributed by atoms with Crippen LogP contribution < -0.4 is 19.6 Å². The Morgan fingerprint density at radius 3 is 2.77 bits per heavy atom. The second kappa shape index (κ2) is 10.5. The molecule has 2 aromatic carbocycles. The number of nitrogens with zero attached hydrogens (tertiary/aromatic N) is 1. The Kier molecular flexibility index (Phi) is 7.78. The normalized spacial score (nSPS) is 12.2. The van der Waals surface area contributed by atoms with Gasteiger partial charge in [-0.2, -0.15) is 5.10 Å². The van der Waals surface area contributed by atoms with Gasteiger partial charge < -0.3 is 18.6 Å². The summed E-state index contributed by atoms with van der Waals surface area (Å²) in [6, 6.07) is 10.8. The maximum Gasteiger partial charge on any atom is 0.307 e. The lowest BCUT2D eigenvalue weighted by molar-refractivity contribution is 0.0929. The topological polar surface area (TPSA) is 82.3 Å². The molecule has 0 fully saturated rings. The van der Waals surface area contributed by atoms with Gasteiger partial charge >= 0.3 is 5.91 Å². The number of methoxy groups -OCH3 is 1. The summed E-state index contributed by atoms with van der Waals surface area (Å²) in [5.41, 5.74) is 3.87. The van der Waals surface area contributed by atoms with Crippen molar-refractivity contribution in [3.8, 4) is 17.2 Å². The van der Waals surface area contributed by atoms with Crippen molar-refractivity contribution in [3.05, 3.63) is 51.3 Å². The number of ether oxygens (including phenoxy) is 3. The minimum atomic E-state index is -0.441. The largest absolute Gasteiger partial charge is 0.494 e. The van der Waals surface area contributed by atoms with Crippen molar-refractivity contribution in [2.24, 2.45) is 5.10 Å². The molecule has 0 bridgehead atoms. The number of halogens is 1. The molecule has 0 spiro atoms. The summed E-state index contributed by atoms with van der Waals surface area (Å²) in [4.78, 5) is 12.4. The number of fused-ring (bicyclic) bond motifs is 1. The number of carbonyl (C=O) groups excluding carboxylic acids is 1. The van der Waals surface area contributed by atoms with Gasteiger partial charge in [0.2, 0.25) is 0 Å². The fraction of sp³-hybridized carbons (Fsp3) is 0.304. The number of hydrogen-bond acceptors (Lipinski definition) is 6. The van der Waals surface area contributed by atoms with Crippen molar-refractivity contribution in [1.29, 1.82) is 0 Å². The molecule has 164 valence electrons. The van der Waals surface area contributed by atoms with Crippen molar-refractivity contribution in [3.63, 3.8) is 0 Å². The van der Waals surface area contributed by atoms with Gasteiger partial charge in [0, 0.05) is 5.39 Å². The minimum Gasteiger partial charge on any atom is -0.494 e. The molecule has 0 aliphatic carbocycles. The van der Waals surface area contributed by atoms with E-state index in [0.29, 0.717) is 23.7 Å². The first kappa shape index (κ1) is 22.9. The van der Waals surface area contributed by atoms with Crippen molar-refractivity contribution < 1.29 is 23.4 Å². The monoisotopic (exact) mass is 536 g/mol. The van der Waals surface area contributed by atoms with Gasteiger partial charge in [-0.3, -0.25) is 4.79 Å². The number of amides is 1. The molecule has 1 atom stereocenters. The van der Waals surface area contributed by atoms with E-state index in [-0.39, 0.29) is 11.9 Å². The highest BCUT2D eigenvalue weighted by Gasteiger charge is 2.14. The van der Waals surface area contributed by atoms with Crippen LogP contribution in [0, 0.1) is 3.57 Å². The number of nitrogens with one attached hydrogen (secondary N) is 1. The van der Waals surface area contributed by atoms with Crippen LogP contribution in [0.2, 0.25) is 0 Å². The van der Waals surface area contributed by atoms with Gasteiger partial charge in [-0.15, -0.1) is 0 Å². The molecule has 0 unspecified atom stereocenters. The smallest absolute Gasteiger partial charge is 0.307 e. The lowest BCUT2D eigenvalue weighted by Crippen LogP contribution is -2.16. The maximum atomic E-state index is 12.4. The van der Waals surface area contributed by atoms with Gasteiger partial charge in [0.1, 0.15) is 11.3 Å². The molecule has 1 amide bonds. The molecular formula is C23H25IN2O5. The lowest BCUT2D eigenvalue weighted by Gasteiger charge is -2.17. The average Bonchev–Trinajstić information content (AvgIpc) is 3.19. The van der Waals surface area contributed by atoms with Gasteiger partial charge in [-0.05, 0) is 84.8 Å². The predicted molar refractivity (Wildman–Crippen MR) is 129 cm³/mol. The third-order valence-corrected chi connectivity index (χ3v) is 5.35. The Labute approximate surface area is 194 Å². The molecule has 0 saturated carbocycles. The van der Waals surface area contributed by atoms with Crippen molar-refractivity contribution in [2.75, 3.05) is 13.7 Å². The Bertz CT molecular complexity index is 1090. The Morgan fingerprint density at radius 1 is 1.26 bits per heavy atom. The molecule has 3 rings (SSSR count). The standard InChI is InChI=1S/C23H25IN2O5/c1-5-14(3)30-22-18(24)9-15(10-20(22)28-4)13-25-26-23(27)21-12-16-11-17(29-6-2)7-8-19(16)31-21/h7-14H,5-6H2,1-4H3,(H,26,27)/b25-13+/t14-/m0/s1. The molecule has 31 heavy (non-hydrogen) atoms. The van der Waals surface area contributed by atoms with Crippen molar-refractivity contribution in [1.82, 2.24) is 5.43 Å². The third-order valence-electron chi connectivity index (χ3n) is 4.55. The third kappa shape index (κ3) is 5.69. The van der Waals surface area contributed by atoms with Crippen LogP contribution in [0.1, 0.15) is 43.3 Å². The lowest BCUT2D eigenvalue weighted by atomic mass is 10.2. The highest BCUT2D eigenvalue weighted by molar-refractivity contribution is 14.1. The van der Waals surface area contributed by atoms with E-state index in [1.807, 2.05) is 32.0 Å². The Morgan fingerprint density at radius 2 is 2.06 bits per heavy atom. The highest BCUT2D eigenvalue weighted by Crippen LogP contribution is 2.34. The van der Waals surface area contributed by atoms with Crippen LogP contribution in [0.5, 0.6) is 17.2 Å². The molecular weight excluding hydrogens is 511 g/mol. The molecule has 1 aromatic heterocycles. The second-order valence-corrected chi connectivity index (χ2v) is 7.98. The summed E-state index contributed by atoms with van der Waals surface area (Å²) in [5, 5.41) is 4.84. The molecule has 1 N–H and O–H groups in total. The van der Waals surface area contributed by atoms with Crippen LogP contribution in [0.3, 0.4) is 0 Å². The summed E-state index contributed by atoms with van der Waals surface area (Å²) < 4.78 is 23.4. The van der Waals surface area contributed by atoms with Crippen LogP contribution >= 0.6 is 22.6 Å². The number of carbonyl (C=O) groups is 1. The van der Waals surface area contributed by atoms with Gasteiger partial charge in [0.05, 0.1) is 29.6 Å². The summed E-state index contributed by atoms with van der Waals surface area (Å²) in [5.74, 6) is 1.77. The Hall–Kier alpha value is -2.75. The van der Waals surface area contributed by atoms with Crippen LogP contribution in [0.15, 0.2) is 45.9 Å². The average molecular weight is 536 g/mol. The summed E-state index contributed by atoms with van der Waals surface area (Å²) in [6.45, 7) is 6.56. The van der Waals surface area contributed by atoms with E-state index in [9.17, 15) is 4.79 Å². The molecule has 0 aliphatic heterocycles. The van der Waals surface area contributed by atoms with E-state index >= 15 is 0 Å². The molecule has 3 aromatic rings. The van der Waals surface area contributed by atoms with Gasteiger partial charge in [-0.1, -0.05) is 6.92 Å². The number of rotatable bonds is 9. The van der Waals surface area contributed by atoms with Gasteiger partial charge in [-0.25, -0.2) is 5.43 Å². The quantitative estimate of drug-likeness (QED) is 0.226. The van der Waals surface area contributed by atoms with E-state index in [1.54, 1.807) is 31.5 Å². The van der Waals surface area contributed by atoms with E-state index in [2.05, 4.69) is 40.0 Å². The van der Waals surface area contributed by atoms with Gasteiger partial charge in [0.25, 0.3) is 0 Å². The second-order valence-electron chi connectivity index (χ2n) is 6.81.